The second kappa shape index (κ2) is 4.91. The molecule has 1 fully saturated rings. The molecule has 1 aliphatic rings. The summed E-state index contributed by atoms with van der Waals surface area (Å²) in [5.41, 5.74) is 6.76. The van der Waals surface area contributed by atoms with Gasteiger partial charge in [-0.1, -0.05) is 17.7 Å². The number of aromatic nitrogens is 1. The lowest BCUT2D eigenvalue weighted by Gasteiger charge is -2.09. The summed E-state index contributed by atoms with van der Waals surface area (Å²) < 4.78 is 27.1. The zero-order valence-electron chi connectivity index (χ0n) is 10.3. The van der Waals surface area contributed by atoms with E-state index in [0.29, 0.717) is 11.0 Å². The number of nitrogen functional groups attached to an aromatic ring is 1. The van der Waals surface area contributed by atoms with Gasteiger partial charge in [0, 0.05) is 11.3 Å². The van der Waals surface area contributed by atoms with Crippen LogP contribution in [0.15, 0.2) is 28.5 Å². The van der Waals surface area contributed by atoms with Gasteiger partial charge in [-0.25, -0.2) is 13.4 Å². The van der Waals surface area contributed by atoms with E-state index in [-0.39, 0.29) is 15.6 Å². The molecule has 8 heteroatoms. The molecule has 2 aromatic rings. The van der Waals surface area contributed by atoms with Crippen molar-refractivity contribution in [1.82, 2.24) is 4.98 Å². The Hall–Kier alpha value is -1.31. The molecule has 3 rings (SSSR count). The number of halogens is 1. The Morgan fingerprint density at radius 1 is 1.40 bits per heavy atom. The van der Waals surface area contributed by atoms with Crippen molar-refractivity contribution in [2.24, 2.45) is 0 Å². The number of thiazole rings is 1. The molecule has 1 heterocycles. The Morgan fingerprint density at radius 3 is 2.80 bits per heavy atom. The molecular formula is C12H12ClN3O2S2. The van der Waals surface area contributed by atoms with Crippen LogP contribution in [0.2, 0.25) is 5.02 Å². The highest BCUT2D eigenvalue weighted by Gasteiger charge is 2.27. The van der Waals surface area contributed by atoms with Crippen LogP contribution in [0.25, 0.3) is 0 Å². The first kappa shape index (κ1) is 13.7. The Bertz CT molecular complexity index is 734. The number of sulfonamides is 1. The van der Waals surface area contributed by atoms with Crippen LogP contribution in [0.4, 0.5) is 10.8 Å². The largest absolute Gasteiger partial charge is 0.398 e. The molecule has 1 saturated carbocycles. The van der Waals surface area contributed by atoms with Gasteiger partial charge in [0.1, 0.15) is 4.90 Å². The first-order valence-corrected chi connectivity index (χ1v) is 8.73. The molecule has 0 bridgehead atoms. The minimum absolute atomic E-state index is 0.0940. The number of rotatable bonds is 4. The summed E-state index contributed by atoms with van der Waals surface area (Å²) in [5, 5.41) is 2.31. The molecule has 0 radical (unpaired) electrons. The third-order valence-corrected chi connectivity index (χ3v) is 5.79. The number of nitrogens with zero attached hydrogens (tertiary/aromatic N) is 1. The van der Waals surface area contributed by atoms with Gasteiger partial charge in [0.25, 0.3) is 10.0 Å². The molecule has 1 aromatic heterocycles. The normalized spacial score (nSPS) is 15.2. The molecule has 1 aliphatic carbocycles. The Balaban J connectivity index is 1.91. The van der Waals surface area contributed by atoms with E-state index in [9.17, 15) is 8.42 Å². The smallest absolute Gasteiger partial charge is 0.267 e. The summed E-state index contributed by atoms with van der Waals surface area (Å²) in [6.07, 6.45) is 2.24. The highest BCUT2D eigenvalue weighted by molar-refractivity contribution is 7.93. The maximum Gasteiger partial charge on any atom is 0.267 e. The van der Waals surface area contributed by atoms with E-state index in [1.807, 2.05) is 5.38 Å². The lowest BCUT2D eigenvalue weighted by atomic mass is 10.3. The number of nitrogens with one attached hydrogen (secondary N) is 1. The van der Waals surface area contributed by atoms with E-state index in [1.54, 1.807) is 6.07 Å². The lowest BCUT2D eigenvalue weighted by Crippen LogP contribution is -2.15. The highest BCUT2D eigenvalue weighted by Crippen LogP contribution is 2.41. The first-order valence-electron chi connectivity index (χ1n) is 5.99. The summed E-state index contributed by atoms with van der Waals surface area (Å²) in [6, 6.07) is 4.59. The number of anilines is 2. The van der Waals surface area contributed by atoms with E-state index >= 15 is 0 Å². The van der Waals surface area contributed by atoms with E-state index in [1.165, 1.54) is 23.5 Å². The predicted octanol–water partition coefficient (Wildman–Crippen LogP) is 3.06. The van der Waals surface area contributed by atoms with Gasteiger partial charge < -0.3 is 5.73 Å². The maximum absolute atomic E-state index is 12.3. The van der Waals surface area contributed by atoms with Crippen LogP contribution >= 0.6 is 22.9 Å². The SMILES string of the molecule is Nc1cccc(Cl)c1S(=O)(=O)Nc1nc(C2CC2)cs1. The molecular weight excluding hydrogens is 318 g/mol. The van der Waals surface area contributed by atoms with E-state index in [0.717, 1.165) is 18.5 Å². The molecule has 0 unspecified atom stereocenters. The Labute approximate surface area is 125 Å². The van der Waals surface area contributed by atoms with Gasteiger partial charge >= 0.3 is 0 Å². The van der Waals surface area contributed by atoms with Crippen LogP contribution in [0.5, 0.6) is 0 Å². The predicted molar refractivity (Wildman–Crippen MR) is 80.8 cm³/mol. The van der Waals surface area contributed by atoms with Gasteiger partial charge in [0.2, 0.25) is 0 Å². The fourth-order valence-corrected chi connectivity index (χ4v) is 4.60. The average Bonchev–Trinajstić information content (AvgIpc) is 3.10. The lowest BCUT2D eigenvalue weighted by molar-refractivity contribution is 0.601. The van der Waals surface area contributed by atoms with Crippen LogP contribution in [0.1, 0.15) is 24.5 Å². The van der Waals surface area contributed by atoms with Crippen LogP contribution in [-0.2, 0) is 10.0 Å². The summed E-state index contributed by atoms with van der Waals surface area (Å²) in [7, 11) is -3.83. The fraction of sp³-hybridized carbons (Fsp3) is 0.250. The van der Waals surface area contributed by atoms with Gasteiger partial charge in [-0.3, -0.25) is 4.72 Å². The zero-order valence-corrected chi connectivity index (χ0v) is 12.7. The molecule has 20 heavy (non-hydrogen) atoms. The quantitative estimate of drug-likeness (QED) is 0.844. The second-order valence-corrected chi connectivity index (χ2v) is 7.50. The van der Waals surface area contributed by atoms with Crippen molar-refractivity contribution in [2.75, 3.05) is 10.5 Å². The van der Waals surface area contributed by atoms with Gasteiger partial charge in [0.15, 0.2) is 5.13 Å². The number of nitrogens with two attached hydrogens (primary N) is 1. The molecule has 0 amide bonds. The minimum atomic E-state index is -3.83. The monoisotopic (exact) mass is 329 g/mol. The van der Waals surface area contributed by atoms with Crippen LogP contribution < -0.4 is 10.5 Å². The third-order valence-electron chi connectivity index (χ3n) is 3.01. The highest BCUT2D eigenvalue weighted by atomic mass is 35.5. The third kappa shape index (κ3) is 2.61. The van der Waals surface area contributed by atoms with Crippen molar-refractivity contribution in [2.45, 2.75) is 23.7 Å². The van der Waals surface area contributed by atoms with Crippen molar-refractivity contribution in [1.29, 1.82) is 0 Å². The van der Waals surface area contributed by atoms with Crippen molar-refractivity contribution in [3.63, 3.8) is 0 Å². The fourth-order valence-electron chi connectivity index (χ4n) is 1.87. The number of hydrogen-bond acceptors (Lipinski definition) is 5. The topological polar surface area (TPSA) is 85.1 Å². The number of hydrogen-bond donors (Lipinski definition) is 2. The van der Waals surface area contributed by atoms with Gasteiger partial charge in [0.05, 0.1) is 16.4 Å². The van der Waals surface area contributed by atoms with Crippen molar-refractivity contribution < 1.29 is 8.42 Å². The number of benzene rings is 1. The van der Waals surface area contributed by atoms with E-state index < -0.39 is 10.0 Å². The standard InChI is InChI=1S/C12H12ClN3O2S2/c13-8-2-1-3-9(14)11(8)20(17,18)16-12-15-10(6-19-12)7-4-5-7/h1-3,6-7H,4-5,14H2,(H,15,16). The first-order chi connectivity index (χ1) is 9.47. The van der Waals surface area contributed by atoms with Gasteiger partial charge in [-0.05, 0) is 25.0 Å². The summed E-state index contributed by atoms with van der Waals surface area (Å²) in [4.78, 5) is 4.18. The summed E-state index contributed by atoms with van der Waals surface area (Å²) in [6.45, 7) is 0. The molecule has 0 atom stereocenters. The molecule has 1 aromatic carbocycles. The molecule has 106 valence electrons. The summed E-state index contributed by atoms with van der Waals surface area (Å²) in [5.74, 6) is 0.481. The van der Waals surface area contributed by atoms with E-state index in [4.69, 9.17) is 17.3 Å². The molecule has 3 N–H and O–H groups in total. The summed E-state index contributed by atoms with van der Waals surface area (Å²) >= 11 is 7.20. The molecule has 0 saturated heterocycles. The minimum Gasteiger partial charge on any atom is -0.398 e. The molecule has 5 nitrogen and oxygen atoms in total. The Kier molecular flexibility index (Phi) is 3.35. The van der Waals surface area contributed by atoms with Crippen LogP contribution in [0.3, 0.4) is 0 Å². The zero-order chi connectivity index (χ0) is 14.3. The maximum atomic E-state index is 12.3. The van der Waals surface area contributed by atoms with Gasteiger partial charge in [-0.2, -0.15) is 0 Å². The van der Waals surface area contributed by atoms with E-state index in [2.05, 4.69) is 9.71 Å². The van der Waals surface area contributed by atoms with Crippen molar-refractivity contribution in [3.05, 3.63) is 34.3 Å². The molecule has 0 spiro atoms. The van der Waals surface area contributed by atoms with Crippen molar-refractivity contribution in [3.8, 4) is 0 Å². The molecule has 0 aliphatic heterocycles. The van der Waals surface area contributed by atoms with Crippen LogP contribution in [-0.4, -0.2) is 13.4 Å². The Morgan fingerprint density at radius 2 is 2.15 bits per heavy atom. The average molecular weight is 330 g/mol. The van der Waals surface area contributed by atoms with Crippen molar-refractivity contribution >= 4 is 43.8 Å². The van der Waals surface area contributed by atoms with Crippen LogP contribution in [0, 0.1) is 0 Å². The van der Waals surface area contributed by atoms with Gasteiger partial charge in [-0.15, -0.1) is 11.3 Å². The second-order valence-electron chi connectivity index (χ2n) is 4.62.